The summed E-state index contributed by atoms with van der Waals surface area (Å²) < 4.78 is 21.4. The molecule has 174 valence electrons. The maximum atomic E-state index is 13.2. The third-order valence-electron chi connectivity index (χ3n) is 6.34. The fourth-order valence-electron chi connectivity index (χ4n) is 4.63. The Morgan fingerprint density at radius 3 is 2.53 bits per heavy atom. The number of aromatic nitrogens is 2. The summed E-state index contributed by atoms with van der Waals surface area (Å²) in [5.74, 6) is 1.75. The van der Waals surface area contributed by atoms with Crippen molar-refractivity contribution >= 4 is 16.9 Å². The quantitative estimate of drug-likeness (QED) is 0.310. The van der Waals surface area contributed by atoms with Gasteiger partial charge in [-0.15, -0.1) is 0 Å². The molecular weight excluding hydrogens is 429 g/mol. The van der Waals surface area contributed by atoms with Crippen molar-refractivity contribution in [2.75, 3.05) is 13.2 Å². The lowest BCUT2D eigenvalue weighted by Crippen LogP contribution is -2.24. The van der Waals surface area contributed by atoms with Gasteiger partial charge in [-0.2, -0.15) is 0 Å². The van der Waals surface area contributed by atoms with Crippen molar-refractivity contribution in [1.82, 2.24) is 14.5 Å². The van der Waals surface area contributed by atoms with Crippen molar-refractivity contribution < 1.29 is 13.9 Å². The third-order valence-corrected chi connectivity index (χ3v) is 6.34. The molecule has 6 heteroatoms. The molecular formula is C28H28FN3O2. The molecule has 0 radical (unpaired) electrons. The zero-order chi connectivity index (χ0) is 23.3. The van der Waals surface area contributed by atoms with Crippen LogP contribution in [0.1, 0.15) is 36.6 Å². The number of hydrogen-bond donors (Lipinski definition) is 0. The molecule has 0 N–H and O–H groups in total. The maximum absolute atomic E-state index is 13.2. The zero-order valence-electron chi connectivity index (χ0n) is 19.1. The van der Waals surface area contributed by atoms with Gasteiger partial charge in [0, 0.05) is 32.0 Å². The van der Waals surface area contributed by atoms with Crippen molar-refractivity contribution in [2.45, 2.75) is 38.3 Å². The second-order valence-corrected chi connectivity index (χ2v) is 8.78. The fourth-order valence-corrected chi connectivity index (χ4v) is 4.63. The highest BCUT2D eigenvalue weighted by molar-refractivity contribution is 5.81. The van der Waals surface area contributed by atoms with Crippen molar-refractivity contribution in [2.24, 2.45) is 0 Å². The molecule has 1 unspecified atom stereocenters. The van der Waals surface area contributed by atoms with Crippen molar-refractivity contribution in [3.63, 3.8) is 0 Å². The summed E-state index contributed by atoms with van der Waals surface area (Å²) in [5.41, 5.74) is 3.00. The molecule has 1 amide bonds. The molecule has 3 aromatic carbocycles. The standard InChI is InChI=1S/C28H28FN3O2/c29-23-14-12-21(13-15-23)19-31-20-22(18-27(31)33)28-30-25-10-4-5-11-26(25)32(28)16-6-7-17-34-24-8-2-1-3-9-24/h1-5,8-15,22H,6-7,16-20H2. The van der Waals surface area contributed by atoms with Crippen LogP contribution in [-0.2, 0) is 17.9 Å². The number of nitrogens with zero attached hydrogens (tertiary/aromatic N) is 3. The lowest BCUT2D eigenvalue weighted by molar-refractivity contribution is -0.128. The number of benzene rings is 3. The molecule has 5 nitrogen and oxygen atoms in total. The number of amides is 1. The van der Waals surface area contributed by atoms with E-state index in [1.165, 1.54) is 12.1 Å². The van der Waals surface area contributed by atoms with E-state index < -0.39 is 0 Å². The van der Waals surface area contributed by atoms with Gasteiger partial charge in [0.05, 0.1) is 17.6 Å². The average molecular weight is 458 g/mol. The topological polar surface area (TPSA) is 47.4 Å². The van der Waals surface area contributed by atoms with Gasteiger partial charge in [-0.05, 0) is 54.8 Å². The summed E-state index contributed by atoms with van der Waals surface area (Å²) in [4.78, 5) is 19.6. The number of para-hydroxylation sites is 3. The molecule has 1 aliphatic heterocycles. The van der Waals surface area contributed by atoms with E-state index in [0.29, 0.717) is 26.1 Å². The monoisotopic (exact) mass is 457 g/mol. The Morgan fingerprint density at radius 1 is 0.941 bits per heavy atom. The molecule has 2 heterocycles. The molecule has 0 aliphatic carbocycles. The van der Waals surface area contributed by atoms with Gasteiger partial charge in [-0.3, -0.25) is 4.79 Å². The van der Waals surface area contributed by atoms with E-state index in [1.54, 1.807) is 12.1 Å². The van der Waals surface area contributed by atoms with E-state index in [-0.39, 0.29) is 17.6 Å². The van der Waals surface area contributed by atoms with Crippen LogP contribution in [0.2, 0.25) is 0 Å². The number of unbranched alkanes of at least 4 members (excludes halogenated alkanes) is 1. The number of aryl methyl sites for hydroxylation is 1. The summed E-state index contributed by atoms with van der Waals surface area (Å²) in [5, 5.41) is 0. The number of carbonyl (C=O) groups is 1. The lowest BCUT2D eigenvalue weighted by atomic mass is 10.1. The van der Waals surface area contributed by atoms with Gasteiger partial charge < -0.3 is 14.2 Å². The van der Waals surface area contributed by atoms with Gasteiger partial charge in [-0.1, -0.05) is 42.5 Å². The zero-order valence-corrected chi connectivity index (χ0v) is 19.1. The number of rotatable bonds is 9. The van der Waals surface area contributed by atoms with Crippen LogP contribution < -0.4 is 4.74 Å². The lowest BCUT2D eigenvalue weighted by Gasteiger charge is -2.17. The predicted octanol–water partition coefficient (Wildman–Crippen LogP) is 5.55. The van der Waals surface area contributed by atoms with E-state index in [1.807, 2.05) is 53.4 Å². The fraction of sp³-hybridized carbons (Fsp3) is 0.286. The molecule has 1 saturated heterocycles. The summed E-state index contributed by atoms with van der Waals surface area (Å²) in [6.07, 6.45) is 2.34. The van der Waals surface area contributed by atoms with Crippen molar-refractivity contribution in [1.29, 1.82) is 0 Å². The number of fused-ring (bicyclic) bond motifs is 1. The molecule has 4 aromatic rings. The number of carbonyl (C=O) groups excluding carboxylic acids is 1. The van der Waals surface area contributed by atoms with E-state index >= 15 is 0 Å². The van der Waals surface area contributed by atoms with E-state index in [4.69, 9.17) is 9.72 Å². The Morgan fingerprint density at radius 2 is 1.71 bits per heavy atom. The Balaban J connectivity index is 1.27. The minimum Gasteiger partial charge on any atom is -0.494 e. The van der Waals surface area contributed by atoms with Crippen LogP contribution in [0.15, 0.2) is 78.9 Å². The molecule has 0 saturated carbocycles. The largest absolute Gasteiger partial charge is 0.494 e. The highest BCUT2D eigenvalue weighted by atomic mass is 19.1. The van der Waals surface area contributed by atoms with Gasteiger partial charge in [0.25, 0.3) is 0 Å². The van der Waals surface area contributed by atoms with Crippen LogP contribution >= 0.6 is 0 Å². The number of ether oxygens (including phenoxy) is 1. The van der Waals surface area contributed by atoms with E-state index in [9.17, 15) is 9.18 Å². The van der Waals surface area contributed by atoms with E-state index in [0.717, 1.165) is 47.6 Å². The van der Waals surface area contributed by atoms with Crippen LogP contribution in [0.5, 0.6) is 5.75 Å². The maximum Gasteiger partial charge on any atom is 0.223 e. The summed E-state index contributed by atoms with van der Waals surface area (Å²) >= 11 is 0. The number of halogens is 1. The van der Waals surface area contributed by atoms with Crippen molar-refractivity contribution in [3.05, 3.63) is 96.1 Å². The van der Waals surface area contributed by atoms with Gasteiger partial charge in [-0.25, -0.2) is 9.37 Å². The Hall–Kier alpha value is -3.67. The van der Waals surface area contributed by atoms with E-state index in [2.05, 4.69) is 10.6 Å². The normalized spacial score (nSPS) is 15.9. The van der Waals surface area contributed by atoms with Gasteiger partial charge in [0.1, 0.15) is 17.4 Å². The first kappa shape index (κ1) is 22.1. The van der Waals surface area contributed by atoms with Gasteiger partial charge in [0.2, 0.25) is 5.91 Å². The predicted molar refractivity (Wildman–Crippen MR) is 130 cm³/mol. The Bertz CT molecular complexity index is 1250. The smallest absolute Gasteiger partial charge is 0.223 e. The number of imidazole rings is 1. The molecule has 1 fully saturated rings. The second-order valence-electron chi connectivity index (χ2n) is 8.78. The SMILES string of the molecule is O=C1CC(c2nc3ccccc3n2CCCCOc2ccccc2)CN1Cc1ccc(F)cc1. The molecule has 1 atom stereocenters. The minimum absolute atomic E-state index is 0.0425. The van der Waals surface area contributed by atoms with Crippen LogP contribution in [-0.4, -0.2) is 33.5 Å². The summed E-state index contributed by atoms with van der Waals surface area (Å²) in [6.45, 7) is 2.61. The van der Waals surface area contributed by atoms with Gasteiger partial charge >= 0.3 is 0 Å². The first-order valence-electron chi connectivity index (χ1n) is 11.8. The first-order valence-corrected chi connectivity index (χ1v) is 11.8. The minimum atomic E-state index is -0.266. The van der Waals surface area contributed by atoms with Crippen LogP contribution in [0.3, 0.4) is 0 Å². The highest BCUT2D eigenvalue weighted by Crippen LogP contribution is 2.31. The van der Waals surface area contributed by atoms with Crippen LogP contribution in [0, 0.1) is 5.82 Å². The Labute approximate surface area is 198 Å². The molecule has 1 aromatic heterocycles. The van der Waals surface area contributed by atoms with Crippen LogP contribution in [0.4, 0.5) is 4.39 Å². The molecule has 5 rings (SSSR count). The molecule has 34 heavy (non-hydrogen) atoms. The van der Waals surface area contributed by atoms with Crippen LogP contribution in [0.25, 0.3) is 11.0 Å². The Kier molecular flexibility index (Phi) is 6.56. The van der Waals surface area contributed by atoms with Crippen molar-refractivity contribution in [3.8, 4) is 5.75 Å². The summed E-state index contributed by atoms with van der Waals surface area (Å²) in [6, 6.07) is 24.4. The highest BCUT2D eigenvalue weighted by Gasteiger charge is 2.33. The average Bonchev–Trinajstić information content (AvgIpc) is 3.41. The number of hydrogen-bond acceptors (Lipinski definition) is 3. The third kappa shape index (κ3) is 4.96. The molecule has 0 bridgehead atoms. The first-order chi connectivity index (χ1) is 16.7. The summed E-state index contributed by atoms with van der Waals surface area (Å²) in [7, 11) is 0. The second kappa shape index (κ2) is 10.1. The molecule has 0 spiro atoms. The van der Waals surface area contributed by atoms with Gasteiger partial charge in [0.15, 0.2) is 0 Å². The molecule has 1 aliphatic rings. The number of likely N-dealkylation sites (tertiary alicyclic amines) is 1.